The number of nitrogens with zero attached hydrogens (tertiary/aromatic N) is 1. The molecule has 20 heavy (non-hydrogen) atoms. The summed E-state index contributed by atoms with van der Waals surface area (Å²) < 4.78 is 35.1. The number of rotatable bonds is 6. The summed E-state index contributed by atoms with van der Waals surface area (Å²) in [5.41, 5.74) is 5.49. The molecule has 0 spiro atoms. The van der Waals surface area contributed by atoms with Crippen molar-refractivity contribution in [3.63, 3.8) is 0 Å². The summed E-state index contributed by atoms with van der Waals surface area (Å²) in [5, 5.41) is 0. The Labute approximate surface area is 118 Å². The standard InChI is InChI=1S/C12H18N2O5S/c1-5-20(16,17)14(2)9-7-11(19-4)10(18-3)6-8(9)12(13)15/h6-7H,5H2,1-4H3,(H2,13,15). The van der Waals surface area contributed by atoms with Crippen LogP contribution in [-0.4, -0.2) is 41.3 Å². The lowest BCUT2D eigenvalue weighted by Crippen LogP contribution is -2.30. The number of amides is 1. The number of anilines is 1. The third-order valence-electron chi connectivity index (χ3n) is 2.89. The van der Waals surface area contributed by atoms with E-state index in [1.807, 2.05) is 0 Å². The van der Waals surface area contributed by atoms with Gasteiger partial charge in [0.2, 0.25) is 10.0 Å². The summed E-state index contributed by atoms with van der Waals surface area (Å²) in [6.07, 6.45) is 0. The monoisotopic (exact) mass is 302 g/mol. The van der Waals surface area contributed by atoms with Gasteiger partial charge in [-0.3, -0.25) is 9.10 Å². The topological polar surface area (TPSA) is 98.9 Å². The number of primary amides is 1. The Morgan fingerprint density at radius 1 is 1.25 bits per heavy atom. The lowest BCUT2D eigenvalue weighted by molar-refractivity contribution is 0.100. The van der Waals surface area contributed by atoms with Crippen LogP contribution >= 0.6 is 0 Å². The van der Waals surface area contributed by atoms with Gasteiger partial charge in [0, 0.05) is 13.1 Å². The fourth-order valence-electron chi connectivity index (χ4n) is 1.67. The molecule has 0 saturated carbocycles. The van der Waals surface area contributed by atoms with Crippen molar-refractivity contribution in [3.8, 4) is 11.5 Å². The average molecular weight is 302 g/mol. The quantitative estimate of drug-likeness (QED) is 0.829. The highest BCUT2D eigenvalue weighted by molar-refractivity contribution is 7.92. The van der Waals surface area contributed by atoms with Crippen LogP contribution in [0.2, 0.25) is 0 Å². The van der Waals surface area contributed by atoms with Crippen LogP contribution in [0.5, 0.6) is 11.5 Å². The third kappa shape index (κ3) is 2.96. The van der Waals surface area contributed by atoms with Crippen molar-refractivity contribution >= 4 is 21.6 Å². The summed E-state index contributed by atoms with van der Waals surface area (Å²) in [6, 6.07) is 2.77. The molecule has 7 nitrogen and oxygen atoms in total. The third-order valence-corrected chi connectivity index (χ3v) is 4.65. The van der Waals surface area contributed by atoms with Gasteiger partial charge in [0.05, 0.1) is 31.2 Å². The Bertz CT molecular complexity index is 613. The molecule has 0 bridgehead atoms. The molecule has 0 aromatic heterocycles. The first-order valence-corrected chi connectivity index (χ1v) is 7.41. The van der Waals surface area contributed by atoms with Crippen molar-refractivity contribution in [3.05, 3.63) is 17.7 Å². The minimum Gasteiger partial charge on any atom is -0.493 e. The van der Waals surface area contributed by atoms with Gasteiger partial charge >= 0.3 is 0 Å². The molecular weight excluding hydrogens is 284 g/mol. The van der Waals surface area contributed by atoms with E-state index < -0.39 is 15.9 Å². The fraction of sp³-hybridized carbons (Fsp3) is 0.417. The van der Waals surface area contributed by atoms with Gasteiger partial charge < -0.3 is 15.2 Å². The molecule has 0 aliphatic rings. The van der Waals surface area contributed by atoms with Crippen LogP contribution in [0.3, 0.4) is 0 Å². The van der Waals surface area contributed by atoms with Crippen LogP contribution in [0.1, 0.15) is 17.3 Å². The van der Waals surface area contributed by atoms with E-state index in [0.29, 0.717) is 11.5 Å². The normalized spacial score (nSPS) is 11.0. The largest absolute Gasteiger partial charge is 0.493 e. The number of hydrogen-bond donors (Lipinski definition) is 1. The Morgan fingerprint density at radius 2 is 1.75 bits per heavy atom. The predicted octanol–water partition coefficient (Wildman–Crippen LogP) is 0.589. The first kappa shape index (κ1) is 16.1. The molecule has 1 aromatic rings. The van der Waals surface area contributed by atoms with E-state index in [1.165, 1.54) is 40.3 Å². The van der Waals surface area contributed by atoms with Crippen molar-refractivity contribution in [1.82, 2.24) is 0 Å². The number of hydrogen-bond acceptors (Lipinski definition) is 5. The van der Waals surface area contributed by atoms with Crippen molar-refractivity contribution in [1.29, 1.82) is 0 Å². The minimum absolute atomic E-state index is 0.0437. The number of methoxy groups -OCH3 is 2. The number of benzene rings is 1. The van der Waals surface area contributed by atoms with Gasteiger partial charge in [0.15, 0.2) is 11.5 Å². The van der Waals surface area contributed by atoms with Gasteiger partial charge in [-0.1, -0.05) is 0 Å². The first-order chi connectivity index (χ1) is 9.28. The Morgan fingerprint density at radius 3 is 2.15 bits per heavy atom. The average Bonchev–Trinajstić information content (AvgIpc) is 2.44. The predicted molar refractivity (Wildman–Crippen MR) is 75.9 cm³/mol. The molecule has 8 heteroatoms. The van der Waals surface area contributed by atoms with Crippen LogP contribution in [0.4, 0.5) is 5.69 Å². The Kier molecular flexibility index (Phi) is 4.83. The van der Waals surface area contributed by atoms with Crippen molar-refractivity contribution < 1.29 is 22.7 Å². The van der Waals surface area contributed by atoms with Gasteiger partial charge in [-0.2, -0.15) is 0 Å². The maximum atomic E-state index is 11.9. The second-order valence-corrected chi connectivity index (χ2v) is 6.25. The summed E-state index contributed by atoms with van der Waals surface area (Å²) in [7, 11) is 0.659. The number of carbonyl (C=O) groups excluding carboxylic acids is 1. The molecule has 1 aromatic carbocycles. The van der Waals surface area contributed by atoms with E-state index in [1.54, 1.807) is 0 Å². The van der Waals surface area contributed by atoms with Gasteiger partial charge in [0.1, 0.15) is 0 Å². The Balaban J connectivity index is 3.55. The zero-order valence-electron chi connectivity index (χ0n) is 11.8. The fourth-order valence-corrected chi connectivity index (χ4v) is 2.51. The van der Waals surface area contributed by atoms with Crippen LogP contribution in [0, 0.1) is 0 Å². The second kappa shape index (κ2) is 6.00. The van der Waals surface area contributed by atoms with E-state index in [2.05, 4.69) is 0 Å². The molecule has 112 valence electrons. The maximum Gasteiger partial charge on any atom is 0.250 e. The smallest absolute Gasteiger partial charge is 0.250 e. The highest BCUT2D eigenvalue weighted by Gasteiger charge is 2.23. The molecule has 0 aliphatic carbocycles. The molecule has 0 heterocycles. The van der Waals surface area contributed by atoms with Crippen LogP contribution in [0.25, 0.3) is 0 Å². The van der Waals surface area contributed by atoms with Crippen LogP contribution in [-0.2, 0) is 10.0 Å². The second-order valence-electron chi connectivity index (χ2n) is 3.96. The lowest BCUT2D eigenvalue weighted by Gasteiger charge is -2.22. The zero-order valence-corrected chi connectivity index (χ0v) is 12.7. The van der Waals surface area contributed by atoms with E-state index >= 15 is 0 Å². The summed E-state index contributed by atoms with van der Waals surface area (Å²) in [5.74, 6) is -0.243. The van der Waals surface area contributed by atoms with E-state index in [-0.39, 0.29) is 17.0 Å². The SMILES string of the molecule is CCS(=O)(=O)N(C)c1cc(OC)c(OC)cc1C(N)=O. The Hall–Kier alpha value is -1.96. The highest BCUT2D eigenvalue weighted by atomic mass is 32.2. The number of sulfonamides is 1. The molecule has 0 unspecified atom stereocenters. The van der Waals surface area contributed by atoms with Crippen molar-refractivity contribution in [2.45, 2.75) is 6.92 Å². The zero-order chi connectivity index (χ0) is 15.5. The number of carbonyl (C=O) groups is 1. The molecule has 0 radical (unpaired) electrons. The van der Waals surface area contributed by atoms with Crippen LogP contribution in [0.15, 0.2) is 12.1 Å². The van der Waals surface area contributed by atoms with Crippen molar-refractivity contribution in [2.24, 2.45) is 5.73 Å². The van der Waals surface area contributed by atoms with Gasteiger partial charge in [-0.05, 0) is 13.0 Å². The first-order valence-electron chi connectivity index (χ1n) is 5.80. The van der Waals surface area contributed by atoms with E-state index in [4.69, 9.17) is 15.2 Å². The molecule has 0 atom stereocenters. The van der Waals surface area contributed by atoms with Gasteiger partial charge in [-0.25, -0.2) is 8.42 Å². The van der Waals surface area contributed by atoms with Gasteiger partial charge in [0.25, 0.3) is 5.91 Å². The van der Waals surface area contributed by atoms with E-state index in [9.17, 15) is 13.2 Å². The van der Waals surface area contributed by atoms with Crippen LogP contribution < -0.4 is 19.5 Å². The summed E-state index contributed by atoms with van der Waals surface area (Å²) >= 11 is 0. The number of ether oxygens (including phenoxy) is 2. The molecule has 0 aliphatic heterocycles. The molecule has 1 rings (SSSR count). The lowest BCUT2D eigenvalue weighted by atomic mass is 10.1. The van der Waals surface area contributed by atoms with Gasteiger partial charge in [-0.15, -0.1) is 0 Å². The maximum absolute atomic E-state index is 11.9. The van der Waals surface area contributed by atoms with Crippen molar-refractivity contribution in [2.75, 3.05) is 31.3 Å². The highest BCUT2D eigenvalue weighted by Crippen LogP contribution is 2.35. The summed E-state index contributed by atoms with van der Waals surface area (Å²) in [6.45, 7) is 1.51. The van der Waals surface area contributed by atoms with E-state index in [0.717, 1.165) is 4.31 Å². The molecule has 0 fully saturated rings. The molecule has 1 amide bonds. The molecular formula is C12H18N2O5S. The molecule has 2 N–H and O–H groups in total. The number of nitrogens with two attached hydrogens (primary N) is 1. The molecule has 0 saturated heterocycles. The summed E-state index contributed by atoms with van der Waals surface area (Å²) in [4.78, 5) is 11.5. The minimum atomic E-state index is -3.52.